The average Bonchev–Trinajstić information content (AvgIpc) is 2.74. The van der Waals surface area contributed by atoms with E-state index in [1.165, 1.54) is 6.07 Å². The van der Waals surface area contributed by atoms with Gasteiger partial charge < -0.3 is 20.3 Å². The second-order valence-corrected chi connectivity index (χ2v) is 6.57. The molecule has 2 heterocycles. The van der Waals surface area contributed by atoms with Gasteiger partial charge in [-0.15, -0.1) is 0 Å². The molecule has 7 nitrogen and oxygen atoms in total. The summed E-state index contributed by atoms with van der Waals surface area (Å²) in [6.07, 6.45) is -3.58. The van der Waals surface area contributed by atoms with Crippen molar-refractivity contribution in [2.75, 3.05) is 36.5 Å². The minimum atomic E-state index is -4.43. The fourth-order valence-corrected chi connectivity index (χ4v) is 2.93. The molecule has 30 heavy (non-hydrogen) atoms. The lowest BCUT2D eigenvalue weighted by molar-refractivity contribution is -0.137. The zero-order chi connectivity index (χ0) is 21.6. The SMILES string of the molecule is O=C(CCC(=O)N1CCOc2ccccc21)NCCNc1ccc(C(F)(F)F)cn1. The molecule has 10 heteroatoms. The number of aromatic nitrogens is 1. The normalized spacial score (nSPS) is 13.2. The molecular formula is C20H21F3N4O3. The van der Waals surface area contributed by atoms with Crippen LogP contribution in [-0.4, -0.2) is 43.0 Å². The molecule has 2 amide bonds. The molecule has 1 aromatic carbocycles. The number of pyridine rings is 1. The van der Waals surface area contributed by atoms with Gasteiger partial charge in [-0.25, -0.2) is 4.98 Å². The maximum absolute atomic E-state index is 12.5. The van der Waals surface area contributed by atoms with E-state index in [1.807, 2.05) is 12.1 Å². The molecule has 0 fully saturated rings. The third kappa shape index (κ3) is 5.62. The summed E-state index contributed by atoms with van der Waals surface area (Å²) >= 11 is 0. The summed E-state index contributed by atoms with van der Waals surface area (Å²) in [5, 5.41) is 5.49. The first-order chi connectivity index (χ1) is 14.3. The molecule has 0 atom stereocenters. The molecule has 0 saturated carbocycles. The van der Waals surface area contributed by atoms with Crippen molar-refractivity contribution >= 4 is 23.3 Å². The van der Waals surface area contributed by atoms with Crippen molar-refractivity contribution in [2.45, 2.75) is 19.0 Å². The van der Waals surface area contributed by atoms with Gasteiger partial charge in [0.2, 0.25) is 11.8 Å². The molecule has 1 aromatic heterocycles. The summed E-state index contributed by atoms with van der Waals surface area (Å²) in [6, 6.07) is 9.40. The molecular weight excluding hydrogens is 401 g/mol. The average molecular weight is 422 g/mol. The molecule has 3 rings (SSSR count). The van der Waals surface area contributed by atoms with E-state index in [2.05, 4.69) is 15.6 Å². The quantitative estimate of drug-likeness (QED) is 0.671. The molecule has 0 radical (unpaired) electrons. The summed E-state index contributed by atoms with van der Waals surface area (Å²) in [6.45, 7) is 1.37. The Bertz CT molecular complexity index is 888. The number of nitrogens with one attached hydrogen (secondary N) is 2. The van der Waals surface area contributed by atoms with Crippen LogP contribution >= 0.6 is 0 Å². The number of hydrogen-bond acceptors (Lipinski definition) is 5. The van der Waals surface area contributed by atoms with Gasteiger partial charge in [-0.2, -0.15) is 13.2 Å². The van der Waals surface area contributed by atoms with Crippen LogP contribution in [0.15, 0.2) is 42.6 Å². The number of alkyl halides is 3. The van der Waals surface area contributed by atoms with Crippen molar-refractivity contribution in [1.29, 1.82) is 0 Å². The van der Waals surface area contributed by atoms with Crippen LogP contribution in [0.4, 0.5) is 24.7 Å². The molecule has 1 aliphatic rings. The number of ether oxygens (including phenoxy) is 1. The number of halogens is 3. The Morgan fingerprint density at radius 3 is 2.63 bits per heavy atom. The summed E-state index contributed by atoms with van der Waals surface area (Å²) in [5.41, 5.74) is -0.128. The zero-order valence-electron chi connectivity index (χ0n) is 16.0. The summed E-state index contributed by atoms with van der Waals surface area (Å²) < 4.78 is 43.0. The van der Waals surface area contributed by atoms with E-state index in [1.54, 1.807) is 17.0 Å². The number of nitrogens with zero attached hydrogens (tertiary/aromatic N) is 2. The van der Waals surface area contributed by atoms with E-state index in [-0.39, 0.29) is 43.6 Å². The van der Waals surface area contributed by atoms with Gasteiger partial charge in [0.05, 0.1) is 17.8 Å². The number of carbonyl (C=O) groups is 2. The molecule has 0 spiro atoms. The van der Waals surface area contributed by atoms with E-state index in [0.29, 0.717) is 24.6 Å². The number of amides is 2. The minimum absolute atomic E-state index is 0.0386. The second-order valence-electron chi connectivity index (χ2n) is 6.57. The standard InChI is InChI=1S/C20H21F3N4O3/c21-20(22,23)14-5-6-17(26-13-14)24-9-10-25-18(28)7-8-19(29)27-11-12-30-16-4-2-1-3-15(16)27/h1-6,13H,7-12H2,(H,24,26)(H,25,28). The Kier molecular flexibility index (Phi) is 6.76. The highest BCUT2D eigenvalue weighted by Gasteiger charge is 2.30. The number of hydrogen-bond donors (Lipinski definition) is 2. The van der Waals surface area contributed by atoms with Gasteiger partial charge in [0.1, 0.15) is 18.2 Å². The highest BCUT2D eigenvalue weighted by Crippen LogP contribution is 2.31. The van der Waals surface area contributed by atoms with Gasteiger partial charge in [-0.05, 0) is 24.3 Å². The van der Waals surface area contributed by atoms with E-state index in [0.717, 1.165) is 12.3 Å². The Labute approximate surface area is 171 Å². The summed E-state index contributed by atoms with van der Waals surface area (Å²) in [5.74, 6) is 0.475. The maximum Gasteiger partial charge on any atom is 0.417 e. The summed E-state index contributed by atoms with van der Waals surface area (Å²) in [7, 11) is 0. The largest absolute Gasteiger partial charge is 0.490 e. The Hall–Kier alpha value is -3.30. The van der Waals surface area contributed by atoms with Crippen LogP contribution in [0.25, 0.3) is 0 Å². The van der Waals surface area contributed by atoms with Crippen LogP contribution in [0.3, 0.4) is 0 Å². The topological polar surface area (TPSA) is 83.6 Å². The number of carbonyl (C=O) groups excluding carboxylic acids is 2. The molecule has 2 N–H and O–H groups in total. The first-order valence-electron chi connectivity index (χ1n) is 9.40. The Morgan fingerprint density at radius 1 is 1.10 bits per heavy atom. The number of rotatable bonds is 7. The van der Waals surface area contributed by atoms with E-state index in [9.17, 15) is 22.8 Å². The van der Waals surface area contributed by atoms with Crippen LogP contribution in [0.1, 0.15) is 18.4 Å². The number of anilines is 2. The van der Waals surface area contributed by atoms with Crippen LogP contribution in [0.2, 0.25) is 0 Å². The monoisotopic (exact) mass is 422 g/mol. The van der Waals surface area contributed by atoms with E-state index >= 15 is 0 Å². The van der Waals surface area contributed by atoms with Crippen molar-refractivity contribution in [2.24, 2.45) is 0 Å². The lowest BCUT2D eigenvalue weighted by Gasteiger charge is -2.29. The Morgan fingerprint density at radius 2 is 1.90 bits per heavy atom. The molecule has 0 saturated heterocycles. The van der Waals surface area contributed by atoms with Crippen molar-refractivity contribution in [3.63, 3.8) is 0 Å². The predicted molar refractivity (Wildman–Crippen MR) is 104 cm³/mol. The molecule has 0 unspecified atom stereocenters. The lowest BCUT2D eigenvalue weighted by Crippen LogP contribution is -2.38. The molecule has 0 aliphatic carbocycles. The van der Waals surface area contributed by atoms with Crippen molar-refractivity contribution < 1.29 is 27.5 Å². The smallest absolute Gasteiger partial charge is 0.417 e. The zero-order valence-corrected chi connectivity index (χ0v) is 16.0. The molecule has 0 bridgehead atoms. The van der Waals surface area contributed by atoms with Crippen LogP contribution in [0, 0.1) is 0 Å². The van der Waals surface area contributed by atoms with Gasteiger partial charge in [0.15, 0.2) is 0 Å². The predicted octanol–water partition coefficient (Wildman–Crippen LogP) is 2.83. The fourth-order valence-electron chi connectivity index (χ4n) is 2.93. The minimum Gasteiger partial charge on any atom is -0.490 e. The molecule has 1 aliphatic heterocycles. The van der Waals surface area contributed by atoms with Crippen LogP contribution in [-0.2, 0) is 15.8 Å². The van der Waals surface area contributed by atoms with Gasteiger partial charge in [-0.3, -0.25) is 9.59 Å². The van der Waals surface area contributed by atoms with Gasteiger partial charge in [0.25, 0.3) is 0 Å². The van der Waals surface area contributed by atoms with Gasteiger partial charge in [0, 0.05) is 32.1 Å². The van der Waals surface area contributed by atoms with Crippen LogP contribution in [0.5, 0.6) is 5.75 Å². The Balaban J connectivity index is 1.37. The maximum atomic E-state index is 12.5. The third-order valence-corrected chi connectivity index (χ3v) is 4.44. The van der Waals surface area contributed by atoms with Gasteiger partial charge >= 0.3 is 6.18 Å². The highest BCUT2D eigenvalue weighted by molar-refractivity contribution is 5.97. The highest BCUT2D eigenvalue weighted by atomic mass is 19.4. The molecule has 2 aromatic rings. The number of para-hydroxylation sites is 2. The van der Waals surface area contributed by atoms with E-state index < -0.39 is 11.7 Å². The first-order valence-corrected chi connectivity index (χ1v) is 9.40. The van der Waals surface area contributed by atoms with Crippen molar-refractivity contribution in [3.8, 4) is 5.75 Å². The van der Waals surface area contributed by atoms with Crippen molar-refractivity contribution in [1.82, 2.24) is 10.3 Å². The summed E-state index contributed by atoms with van der Waals surface area (Å²) in [4.78, 5) is 29.7. The van der Waals surface area contributed by atoms with Crippen LogP contribution < -0.4 is 20.3 Å². The lowest BCUT2D eigenvalue weighted by atomic mass is 10.2. The first kappa shape index (κ1) is 21.4. The fraction of sp³-hybridized carbons (Fsp3) is 0.350. The number of fused-ring (bicyclic) bond motifs is 1. The van der Waals surface area contributed by atoms with E-state index in [4.69, 9.17) is 4.74 Å². The van der Waals surface area contributed by atoms with Crippen molar-refractivity contribution in [3.05, 3.63) is 48.2 Å². The van der Waals surface area contributed by atoms with Gasteiger partial charge in [-0.1, -0.05) is 12.1 Å². The number of benzene rings is 1. The second kappa shape index (κ2) is 9.47. The molecule has 160 valence electrons. The third-order valence-electron chi connectivity index (χ3n) is 4.44.